The zero-order valence-electron chi connectivity index (χ0n) is 8.42. The lowest BCUT2D eigenvalue weighted by atomic mass is 10.0. The summed E-state index contributed by atoms with van der Waals surface area (Å²) in [5.41, 5.74) is 0.593. The average Bonchev–Trinajstić information content (AvgIpc) is 2.97. The number of amides is 1. The molecule has 0 spiro atoms. The van der Waals surface area contributed by atoms with Gasteiger partial charge in [-0.1, -0.05) is 11.6 Å². The topological polar surface area (TPSA) is 44.1 Å². The zero-order valence-corrected chi connectivity index (χ0v) is 8.42. The van der Waals surface area contributed by atoms with Crippen molar-refractivity contribution in [1.82, 2.24) is 4.90 Å². The third kappa shape index (κ3) is 1.41. The molecule has 1 aliphatic carbocycles. The second-order valence-corrected chi connectivity index (χ2v) is 4.26. The molecule has 0 radical (unpaired) electrons. The van der Waals surface area contributed by atoms with Crippen molar-refractivity contribution in [2.45, 2.75) is 26.2 Å². The third-order valence-corrected chi connectivity index (χ3v) is 2.99. The number of nitrogens with zero attached hydrogens (tertiary/aromatic N) is 2. The first-order valence-electron chi connectivity index (χ1n) is 5.04. The lowest BCUT2D eigenvalue weighted by Gasteiger charge is -2.27. The molecule has 0 saturated heterocycles. The van der Waals surface area contributed by atoms with Gasteiger partial charge in [0.05, 0.1) is 6.07 Å². The van der Waals surface area contributed by atoms with E-state index >= 15 is 0 Å². The van der Waals surface area contributed by atoms with Crippen molar-refractivity contribution in [2.24, 2.45) is 5.41 Å². The van der Waals surface area contributed by atoms with Gasteiger partial charge in [-0.25, -0.2) is 0 Å². The Kier molecular flexibility index (Phi) is 2.07. The Hall–Kier alpha value is -1.30. The average molecular weight is 190 g/mol. The first-order valence-corrected chi connectivity index (χ1v) is 5.04. The van der Waals surface area contributed by atoms with Crippen LogP contribution in [0, 0.1) is 16.7 Å². The van der Waals surface area contributed by atoms with Crippen LogP contribution in [0.4, 0.5) is 0 Å². The molecule has 0 bridgehead atoms. The smallest absolute Gasteiger partial charge is 0.243 e. The van der Waals surface area contributed by atoms with E-state index in [2.05, 4.69) is 12.1 Å². The standard InChI is InChI=1S/C11H14N2O/c1-9-3-2-6-13(7-9)10(14)11(8-12)4-5-11/h3H,2,4-7H2,1H3. The van der Waals surface area contributed by atoms with Crippen molar-refractivity contribution in [3.63, 3.8) is 0 Å². The zero-order chi connectivity index (χ0) is 10.2. The van der Waals surface area contributed by atoms with Crippen LogP contribution in [0.25, 0.3) is 0 Å². The number of nitriles is 1. The second-order valence-electron chi connectivity index (χ2n) is 4.26. The highest BCUT2D eigenvalue weighted by Crippen LogP contribution is 2.46. The van der Waals surface area contributed by atoms with Crippen LogP contribution in [0.3, 0.4) is 0 Å². The molecule has 14 heavy (non-hydrogen) atoms. The summed E-state index contributed by atoms with van der Waals surface area (Å²) >= 11 is 0. The van der Waals surface area contributed by atoms with Crippen LogP contribution in [0.5, 0.6) is 0 Å². The van der Waals surface area contributed by atoms with E-state index in [-0.39, 0.29) is 5.91 Å². The maximum atomic E-state index is 11.9. The SMILES string of the molecule is CC1=CCCN(C(=O)C2(C#N)CC2)C1. The number of rotatable bonds is 1. The van der Waals surface area contributed by atoms with Crippen molar-refractivity contribution in [2.75, 3.05) is 13.1 Å². The molecule has 74 valence electrons. The van der Waals surface area contributed by atoms with Crippen LogP contribution in [0.1, 0.15) is 26.2 Å². The minimum Gasteiger partial charge on any atom is -0.337 e. The highest BCUT2D eigenvalue weighted by molar-refractivity contribution is 5.88. The quantitative estimate of drug-likeness (QED) is 0.588. The van der Waals surface area contributed by atoms with E-state index in [1.165, 1.54) is 5.57 Å². The predicted octanol–water partition coefficient (Wildman–Crippen LogP) is 1.47. The van der Waals surface area contributed by atoms with Gasteiger partial charge in [-0.2, -0.15) is 5.26 Å². The van der Waals surface area contributed by atoms with Crippen molar-refractivity contribution in [1.29, 1.82) is 5.26 Å². The normalized spacial score (nSPS) is 23.7. The van der Waals surface area contributed by atoms with Crippen LogP contribution in [0.2, 0.25) is 0 Å². The summed E-state index contributed by atoms with van der Waals surface area (Å²) < 4.78 is 0. The Morgan fingerprint density at radius 2 is 2.36 bits per heavy atom. The molecule has 1 saturated carbocycles. The number of hydrogen-bond acceptors (Lipinski definition) is 2. The fourth-order valence-corrected chi connectivity index (χ4v) is 1.89. The van der Waals surface area contributed by atoms with E-state index in [0.717, 1.165) is 25.8 Å². The molecule has 0 N–H and O–H groups in total. The molecule has 0 aromatic rings. The van der Waals surface area contributed by atoms with Crippen molar-refractivity contribution in [3.05, 3.63) is 11.6 Å². The second kappa shape index (κ2) is 3.13. The fraction of sp³-hybridized carbons (Fsp3) is 0.636. The fourth-order valence-electron chi connectivity index (χ4n) is 1.89. The van der Waals surface area contributed by atoms with Crippen molar-refractivity contribution < 1.29 is 4.79 Å². The molecule has 2 rings (SSSR count). The number of hydrogen-bond donors (Lipinski definition) is 0. The molecule has 1 aliphatic heterocycles. The highest BCUT2D eigenvalue weighted by Gasteiger charge is 2.52. The van der Waals surface area contributed by atoms with E-state index in [1.54, 1.807) is 0 Å². The lowest BCUT2D eigenvalue weighted by Crippen LogP contribution is -2.40. The first-order chi connectivity index (χ1) is 6.68. The van der Waals surface area contributed by atoms with Gasteiger partial charge in [0.15, 0.2) is 0 Å². The molecule has 0 atom stereocenters. The maximum absolute atomic E-state index is 11.9. The summed E-state index contributed by atoms with van der Waals surface area (Å²) in [5, 5.41) is 8.91. The Balaban J connectivity index is 2.07. The molecule has 2 aliphatic rings. The minimum absolute atomic E-state index is 0.0486. The van der Waals surface area contributed by atoms with Gasteiger partial charge in [0.2, 0.25) is 5.91 Å². The molecule has 0 aromatic heterocycles. The summed E-state index contributed by atoms with van der Waals surface area (Å²) in [5.74, 6) is 0.0486. The molecular formula is C11H14N2O. The van der Waals surface area contributed by atoms with Gasteiger partial charge in [0.25, 0.3) is 0 Å². The van der Waals surface area contributed by atoms with Crippen LogP contribution >= 0.6 is 0 Å². The molecular weight excluding hydrogens is 176 g/mol. The van der Waals surface area contributed by atoms with Crippen LogP contribution in [-0.4, -0.2) is 23.9 Å². The largest absolute Gasteiger partial charge is 0.337 e. The monoisotopic (exact) mass is 190 g/mol. The van der Waals surface area contributed by atoms with Crippen LogP contribution in [0.15, 0.2) is 11.6 Å². The molecule has 0 aromatic carbocycles. The van der Waals surface area contributed by atoms with Crippen molar-refractivity contribution in [3.8, 4) is 6.07 Å². The molecule has 0 unspecified atom stereocenters. The van der Waals surface area contributed by atoms with Gasteiger partial charge >= 0.3 is 0 Å². The van der Waals surface area contributed by atoms with Crippen LogP contribution in [-0.2, 0) is 4.79 Å². The van der Waals surface area contributed by atoms with Crippen LogP contribution < -0.4 is 0 Å². The van der Waals surface area contributed by atoms with Gasteiger partial charge in [0.1, 0.15) is 5.41 Å². The summed E-state index contributed by atoms with van der Waals surface area (Å²) in [6.07, 6.45) is 4.60. The van der Waals surface area contributed by atoms with E-state index in [9.17, 15) is 4.79 Å². The lowest BCUT2D eigenvalue weighted by molar-refractivity contribution is -0.134. The van der Waals surface area contributed by atoms with Gasteiger partial charge in [-0.15, -0.1) is 0 Å². The summed E-state index contributed by atoms with van der Waals surface area (Å²) in [7, 11) is 0. The predicted molar refractivity (Wildman–Crippen MR) is 52.2 cm³/mol. The van der Waals surface area contributed by atoms with Gasteiger partial charge < -0.3 is 4.90 Å². The van der Waals surface area contributed by atoms with E-state index in [4.69, 9.17) is 5.26 Å². The summed E-state index contributed by atoms with van der Waals surface area (Å²) in [6, 6.07) is 2.15. The van der Waals surface area contributed by atoms with Crippen molar-refractivity contribution >= 4 is 5.91 Å². The third-order valence-electron chi connectivity index (χ3n) is 2.99. The number of carbonyl (C=O) groups is 1. The molecule has 1 amide bonds. The molecule has 1 heterocycles. The highest BCUT2D eigenvalue weighted by atomic mass is 16.2. The molecule has 3 nitrogen and oxygen atoms in total. The summed E-state index contributed by atoms with van der Waals surface area (Å²) in [4.78, 5) is 13.8. The first kappa shape index (κ1) is 9.26. The van der Waals surface area contributed by atoms with E-state index in [0.29, 0.717) is 6.54 Å². The van der Waals surface area contributed by atoms with Gasteiger partial charge in [0, 0.05) is 13.1 Å². The maximum Gasteiger partial charge on any atom is 0.243 e. The van der Waals surface area contributed by atoms with Gasteiger partial charge in [-0.05, 0) is 26.2 Å². The Morgan fingerprint density at radius 3 is 2.86 bits per heavy atom. The Bertz CT molecular complexity index is 334. The Morgan fingerprint density at radius 1 is 1.64 bits per heavy atom. The minimum atomic E-state index is -0.641. The van der Waals surface area contributed by atoms with E-state index in [1.807, 2.05) is 11.8 Å². The number of carbonyl (C=O) groups excluding carboxylic acids is 1. The van der Waals surface area contributed by atoms with Gasteiger partial charge in [-0.3, -0.25) is 4.79 Å². The summed E-state index contributed by atoms with van der Waals surface area (Å²) in [6.45, 7) is 3.52. The molecule has 3 heteroatoms. The Labute approximate surface area is 84.0 Å². The van der Waals surface area contributed by atoms with E-state index < -0.39 is 5.41 Å². The molecule has 1 fully saturated rings.